The van der Waals surface area contributed by atoms with Crippen LogP contribution in [0.15, 0.2) is 29.3 Å². The van der Waals surface area contributed by atoms with Gasteiger partial charge in [0.05, 0.1) is 13.1 Å². The van der Waals surface area contributed by atoms with Gasteiger partial charge in [0.2, 0.25) is 5.91 Å². The van der Waals surface area contributed by atoms with Crippen molar-refractivity contribution >= 4 is 11.9 Å². The average molecular weight is 360 g/mol. The number of ether oxygens (including phenoxy) is 1. The van der Waals surface area contributed by atoms with Gasteiger partial charge in [-0.3, -0.25) is 4.79 Å². The number of nitrogens with one attached hydrogen (secondary N) is 2. The summed E-state index contributed by atoms with van der Waals surface area (Å²) in [5.74, 6) is 0.540. The zero-order chi connectivity index (χ0) is 18.9. The molecule has 25 heavy (non-hydrogen) atoms. The van der Waals surface area contributed by atoms with Crippen molar-refractivity contribution in [2.75, 3.05) is 33.8 Å². The van der Waals surface area contributed by atoms with Gasteiger partial charge >= 0.3 is 6.18 Å². The third kappa shape index (κ3) is 8.83. The molecule has 0 saturated heterocycles. The molecule has 0 fully saturated rings. The number of amides is 1. The van der Waals surface area contributed by atoms with Crippen molar-refractivity contribution in [1.29, 1.82) is 0 Å². The number of hydrogen-bond acceptors (Lipinski definition) is 3. The molecule has 0 aliphatic heterocycles. The molecule has 0 bridgehead atoms. The molecule has 1 amide bonds. The first-order valence-electron chi connectivity index (χ1n) is 7.72. The van der Waals surface area contributed by atoms with E-state index in [1.807, 2.05) is 6.92 Å². The highest BCUT2D eigenvalue weighted by Gasteiger charge is 2.28. The molecule has 1 aromatic carbocycles. The SMILES string of the molecule is CCNC(=NCc1ccc(OCC(F)(F)F)cc1)NCC(=O)N(C)C. The van der Waals surface area contributed by atoms with Gasteiger partial charge in [-0.1, -0.05) is 12.1 Å². The Hall–Kier alpha value is -2.45. The van der Waals surface area contributed by atoms with E-state index < -0.39 is 12.8 Å². The molecule has 0 spiro atoms. The standard InChI is InChI=1S/C16H23F3N4O2/c1-4-20-15(22-10-14(24)23(2)3)21-9-12-5-7-13(8-6-12)25-11-16(17,18)19/h5-8H,4,9-11H2,1-3H3,(H2,20,21,22). The fourth-order valence-electron chi connectivity index (χ4n) is 1.69. The van der Waals surface area contributed by atoms with Crippen LogP contribution in [-0.4, -0.2) is 56.7 Å². The molecule has 0 saturated carbocycles. The van der Waals surface area contributed by atoms with E-state index in [1.165, 1.54) is 17.0 Å². The molecular weight excluding hydrogens is 337 g/mol. The van der Waals surface area contributed by atoms with Crippen molar-refractivity contribution in [3.05, 3.63) is 29.8 Å². The first kappa shape index (κ1) is 20.6. The van der Waals surface area contributed by atoms with E-state index in [9.17, 15) is 18.0 Å². The topological polar surface area (TPSA) is 66.0 Å². The van der Waals surface area contributed by atoms with Gasteiger partial charge in [0.15, 0.2) is 12.6 Å². The second-order valence-electron chi connectivity index (χ2n) is 5.38. The minimum Gasteiger partial charge on any atom is -0.484 e. The number of nitrogens with zero attached hydrogens (tertiary/aromatic N) is 2. The number of halogens is 3. The molecular formula is C16H23F3N4O2. The summed E-state index contributed by atoms with van der Waals surface area (Å²) in [6.07, 6.45) is -4.36. The highest BCUT2D eigenvalue weighted by Crippen LogP contribution is 2.19. The van der Waals surface area contributed by atoms with Crippen molar-refractivity contribution < 1.29 is 22.7 Å². The number of alkyl halides is 3. The van der Waals surface area contributed by atoms with Crippen LogP contribution in [-0.2, 0) is 11.3 Å². The molecule has 0 aromatic heterocycles. The summed E-state index contributed by atoms with van der Waals surface area (Å²) in [4.78, 5) is 17.4. The first-order chi connectivity index (χ1) is 11.7. The van der Waals surface area contributed by atoms with Crippen LogP contribution in [0.5, 0.6) is 5.75 Å². The smallest absolute Gasteiger partial charge is 0.422 e. The van der Waals surface area contributed by atoms with Gasteiger partial charge in [0.25, 0.3) is 0 Å². The van der Waals surface area contributed by atoms with Crippen LogP contribution >= 0.6 is 0 Å². The number of likely N-dealkylation sites (N-methyl/N-ethyl adjacent to an activating group) is 1. The molecule has 0 atom stereocenters. The Bertz CT molecular complexity index is 572. The Kier molecular flexibility index (Phi) is 8.03. The molecule has 0 aliphatic rings. The predicted octanol–water partition coefficient (Wildman–Crippen LogP) is 1.77. The summed E-state index contributed by atoms with van der Waals surface area (Å²) in [5.41, 5.74) is 0.801. The second-order valence-corrected chi connectivity index (χ2v) is 5.38. The molecule has 0 radical (unpaired) electrons. The van der Waals surface area contributed by atoms with E-state index in [-0.39, 0.29) is 18.2 Å². The van der Waals surface area contributed by atoms with Crippen LogP contribution in [0.4, 0.5) is 13.2 Å². The lowest BCUT2D eigenvalue weighted by Gasteiger charge is -2.14. The van der Waals surface area contributed by atoms with Crippen molar-refractivity contribution in [1.82, 2.24) is 15.5 Å². The van der Waals surface area contributed by atoms with Crippen LogP contribution in [0.2, 0.25) is 0 Å². The Morgan fingerprint density at radius 3 is 2.36 bits per heavy atom. The van der Waals surface area contributed by atoms with Crippen LogP contribution in [0, 0.1) is 0 Å². The number of aliphatic imine (C=N–C) groups is 1. The maximum absolute atomic E-state index is 12.1. The third-order valence-corrected chi connectivity index (χ3v) is 3.00. The lowest BCUT2D eigenvalue weighted by Crippen LogP contribution is -2.42. The molecule has 1 aromatic rings. The molecule has 1 rings (SSSR count). The third-order valence-electron chi connectivity index (χ3n) is 3.00. The van der Waals surface area contributed by atoms with Gasteiger partial charge in [-0.05, 0) is 24.6 Å². The highest BCUT2D eigenvalue weighted by molar-refractivity contribution is 5.86. The van der Waals surface area contributed by atoms with E-state index in [0.29, 0.717) is 19.0 Å². The molecule has 140 valence electrons. The van der Waals surface area contributed by atoms with E-state index in [4.69, 9.17) is 0 Å². The monoisotopic (exact) mass is 360 g/mol. The maximum Gasteiger partial charge on any atom is 0.422 e. The summed E-state index contributed by atoms with van der Waals surface area (Å²) in [6, 6.07) is 6.21. The van der Waals surface area contributed by atoms with Gasteiger partial charge in [0.1, 0.15) is 5.75 Å². The number of carbonyl (C=O) groups is 1. The van der Waals surface area contributed by atoms with Gasteiger partial charge in [-0.2, -0.15) is 13.2 Å². The Labute approximate surface area is 145 Å². The van der Waals surface area contributed by atoms with Crippen LogP contribution in [0.1, 0.15) is 12.5 Å². The lowest BCUT2D eigenvalue weighted by molar-refractivity contribution is -0.153. The molecule has 0 unspecified atom stereocenters. The largest absolute Gasteiger partial charge is 0.484 e. The predicted molar refractivity (Wildman–Crippen MR) is 89.5 cm³/mol. The van der Waals surface area contributed by atoms with E-state index in [1.54, 1.807) is 26.2 Å². The van der Waals surface area contributed by atoms with E-state index in [2.05, 4.69) is 20.4 Å². The zero-order valence-electron chi connectivity index (χ0n) is 14.5. The Morgan fingerprint density at radius 2 is 1.84 bits per heavy atom. The summed E-state index contributed by atoms with van der Waals surface area (Å²) >= 11 is 0. The summed E-state index contributed by atoms with van der Waals surface area (Å²) in [6.45, 7) is 1.64. The average Bonchev–Trinajstić information content (AvgIpc) is 2.55. The molecule has 0 aliphatic carbocycles. The van der Waals surface area contributed by atoms with Gasteiger partial charge in [-0.15, -0.1) is 0 Å². The number of carbonyl (C=O) groups excluding carboxylic acids is 1. The second kappa shape index (κ2) is 9.75. The molecule has 0 heterocycles. The maximum atomic E-state index is 12.1. The minimum atomic E-state index is -4.36. The lowest BCUT2D eigenvalue weighted by atomic mass is 10.2. The van der Waals surface area contributed by atoms with Crippen LogP contribution < -0.4 is 15.4 Å². The fraction of sp³-hybridized carbons (Fsp3) is 0.500. The first-order valence-corrected chi connectivity index (χ1v) is 7.72. The van der Waals surface area contributed by atoms with E-state index >= 15 is 0 Å². The van der Waals surface area contributed by atoms with Gasteiger partial charge in [0, 0.05) is 20.6 Å². The number of rotatable bonds is 7. The summed E-state index contributed by atoms with van der Waals surface area (Å²) < 4.78 is 40.9. The minimum absolute atomic E-state index is 0.0863. The van der Waals surface area contributed by atoms with Gasteiger partial charge in [-0.25, -0.2) is 4.99 Å². The highest BCUT2D eigenvalue weighted by atomic mass is 19.4. The van der Waals surface area contributed by atoms with Crippen LogP contribution in [0.3, 0.4) is 0 Å². The summed E-state index contributed by atoms with van der Waals surface area (Å²) in [7, 11) is 3.33. The quantitative estimate of drug-likeness (QED) is 0.575. The van der Waals surface area contributed by atoms with E-state index in [0.717, 1.165) is 5.56 Å². The molecule has 9 heteroatoms. The fourth-order valence-corrected chi connectivity index (χ4v) is 1.69. The molecule has 6 nitrogen and oxygen atoms in total. The Morgan fingerprint density at radius 1 is 1.20 bits per heavy atom. The molecule has 2 N–H and O–H groups in total. The Balaban J connectivity index is 2.59. The van der Waals surface area contributed by atoms with Crippen molar-refractivity contribution in [3.63, 3.8) is 0 Å². The number of benzene rings is 1. The van der Waals surface area contributed by atoms with Crippen LogP contribution in [0.25, 0.3) is 0 Å². The van der Waals surface area contributed by atoms with Crippen molar-refractivity contribution in [2.45, 2.75) is 19.6 Å². The van der Waals surface area contributed by atoms with Crippen molar-refractivity contribution in [2.24, 2.45) is 4.99 Å². The zero-order valence-corrected chi connectivity index (χ0v) is 14.5. The number of guanidine groups is 1. The van der Waals surface area contributed by atoms with Crippen molar-refractivity contribution in [3.8, 4) is 5.75 Å². The number of hydrogen-bond donors (Lipinski definition) is 2. The normalized spacial score (nSPS) is 11.8. The van der Waals surface area contributed by atoms with Gasteiger partial charge < -0.3 is 20.3 Å². The summed E-state index contributed by atoms with van der Waals surface area (Å²) in [5, 5.41) is 5.93.